The van der Waals surface area contributed by atoms with Gasteiger partial charge >= 0.3 is 0 Å². The standard InChI is InChI=1S/C14H10N2O2/c17-10-15-14-4-2-1-3-12(14)9-11-5-7-13(16-18)8-6-11/h1-8H,9H2. The summed E-state index contributed by atoms with van der Waals surface area (Å²) < 4.78 is 0. The molecule has 4 nitrogen and oxygen atoms in total. The molecule has 0 amide bonds. The summed E-state index contributed by atoms with van der Waals surface area (Å²) in [5, 5.41) is 2.85. The fourth-order valence-electron chi connectivity index (χ4n) is 1.71. The Morgan fingerprint density at radius 1 is 1.00 bits per heavy atom. The number of para-hydroxylation sites is 1. The number of aliphatic imine (C=N–C) groups is 1. The summed E-state index contributed by atoms with van der Waals surface area (Å²) in [7, 11) is 0. The number of benzene rings is 2. The molecule has 18 heavy (non-hydrogen) atoms. The van der Waals surface area contributed by atoms with Gasteiger partial charge in [-0.25, -0.2) is 4.79 Å². The molecule has 0 radical (unpaired) electrons. The molecule has 0 saturated heterocycles. The average molecular weight is 238 g/mol. The molecular weight excluding hydrogens is 228 g/mol. The Balaban J connectivity index is 2.27. The normalized spacial score (nSPS) is 9.56. The summed E-state index contributed by atoms with van der Waals surface area (Å²) >= 11 is 0. The molecule has 0 saturated carbocycles. The van der Waals surface area contributed by atoms with Crippen LogP contribution in [0.1, 0.15) is 11.1 Å². The Morgan fingerprint density at radius 2 is 1.72 bits per heavy atom. The van der Waals surface area contributed by atoms with E-state index in [1.54, 1.807) is 24.3 Å². The van der Waals surface area contributed by atoms with Crippen LogP contribution in [0.4, 0.5) is 11.4 Å². The third-order valence-corrected chi connectivity index (χ3v) is 2.59. The van der Waals surface area contributed by atoms with E-state index in [-0.39, 0.29) is 0 Å². The minimum atomic E-state index is 0.401. The van der Waals surface area contributed by atoms with Crippen LogP contribution >= 0.6 is 0 Å². The van der Waals surface area contributed by atoms with Crippen molar-refractivity contribution in [2.75, 3.05) is 0 Å². The third kappa shape index (κ3) is 2.75. The predicted molar refractivity (Wildman–Crippen MR) is 68.9 cm³/mol. The first-order valence-corrected chi connectivity index (χ1v) is 5.41. The maximum atomic E-state index is 10.3. The van der Waals surface area contributed by atoms with Crippen molar-refractivity contribution in [1.29, 1.82) is 0 Å². The van der Waals surface area contributed by atoms with Gasteiger partial charge in [0.15, 0.2) is 0 Å². The van der Waals surface area contributed by atoms with Crippen LogP contribution in [-0.2, 0) is 11.2 Å². The minimum absolute atomic E-state index is 0.401. The zero-order valence-corrected chi connectivity index (χ0v) is 9.54. The molecule has 0 heterocycles. The van der Waals surface area contributed by atoms with Gasteiger partial charge in [0.25, 0.3) is 0 Å². The third-order valence-electron chi connectivity index (χ3n) is 2.59. The van der Waals surface area contributed by atoms with Gasteiger partial charge in [0, 0.05) is 0 Å². The lowest BCUT2D eigenvalue weighted by atomic mass is 10.0. The average Bonchev–Trinajstić information content (AvgIpc) is 2.42. The Labute approximate surface area is 104 Å². The van der Waals surface area contributed by atoms with Crippen LogP contribution in [0, 0.1) is 4.91 Å². The summed E-state index contributed by atoms with van der Waals surface area (Å²) in [6, 6.07) is 14.4. The number of nitroso groups, excluding NO2 is 1. The van der Waals surface area contributed by atoms with E-state index in [4.69, 9.17) is 0 Å². The number of carbonyl (C=O) groups excluding carboxylic acids is 1. The van der Waals surface area contributed by atoms with Gasteiger partial charge in [0.2, 0.25) is 6.08 Å². The van der Waals surface area contributed by atoms with E-state index in [0.717, 1.165) is 11.1 Å². The highest BCUT2D eigenvalue weighted by Crippen LogP contribution is 2.22. The Kier molecular flexibility index (Phi) is 3.74. The molecule has 0 fully saturated rings. The topological polar surface area (TPSA) is 58.9 Å². The molecule has 0 atom stereocenters. The lowest BCUT2D eigenvalue weighted by Gasteiger charge is -2.04. The van der Waals surface area contributed by atoms with Crippen molar-refractivity contribution in [2.24, 2.45) is 10.2 Å². The molecule has 4 heteroatoms. The first kappa shape index (κ1) is 11.9. The molecule has 0 unspecified atom stereocenters. The number of rotatable bonds is 4. The maximum Gasteiger partial charge on any atom is 0.240 e. The molecule has 0 aliphatic heterocycles. The summed E-state index contributed by atoms with van der Waals surface area (Å²) in [5.74, 6) is 0. The molecule has 0 bridgehead atoms. The van der Waals surface area contributed by atoms with Gasteiger partial charge < -0.3 is 0 Å². The van der Waals surface area contributed by atoms with E-state index >= 15 is 0 Å². The highest BCUT2D eigenvalue weighted by Gasteiger charge is 2.02. The quantitative estimate of drug-likeness (QED) is 0.463. The highest BCUT2D eigenvalue weighted by atomic mass is 16.3. The summed E-state index contributed by atoms with van der Waals surface area (Å²) in [4.78, 5) is 24.3. The Bertz CT molecular complexity index is 599. The van der Waals surface area contributed by atoms with Crippen molar-refractivity contribution >= 4 is 17.5 Å². The largest absolute Gasteiger partial charge is 0.240 e. The molecule has 2 rings (SSSR count). The second-order valence-electron chi connectivity index (χ2n) is 3.77. The van der Waals surface area contributed by atoms with Gasteiger partial charge in [-0.2, -0.15) is 4.99 Å². The van der Waals surface area contributed by atoms with E-state index in [1.165, 1.54) is 0 Å². The second kappa shape index (κ2) is 5.66. The molecule has 2 aromatic carbocycles. The van der Waals surface area contributed by atoms with Crippen LogP contribution in [0.25, 0.3) is 0 Å². The first-order chi connectivity index (χ1) is 8.83. The second-order valence-corrected chi connectivity index (χ2v) is 3.77. The molecule has 0 aliphatic carbocycles. The fourth-order valence-corrected chi connectivity index (χ4v) is 1.71. The monoisotopic (exact) mass is 238 g/mol. The van der Waals surface area contributed by atoms with Gasteiger partial charge in [-0.05, 0) is 40.9 Å². The Hall–Kier alpha value is -2.58. The zero-order chi connectivity index (χ0) is 12.8. The lowest BCUT2D eigenvalue weighted by Crippen LogP contribution is -1.88. The van der Waals surface area contributed by atoms with Crippen LogP contribution in [-0.4, -0.2) is 6.08 Å². The first-order valence-electron chi connectivity index (χ1n) is 5.41. The SMILES string of the molecule is O=C=Nc1ccccc1Cc1ccc(N=O)cc1. The molecule has 0 N–H and O–H groups in total. The summed E-state index contributed by atoms with van der Waals surface area (Å²) in [6.45, 7) is 0. The van der Waals surface area contributed by atoms with Gasteiger partial charge in [-0.3, -0.25) is 0 Å². The molecule has 2 aromatic rings. The predicted octanol–water partition coefficient (Wildman–Crippen LogP) is 3.64. The molecular formula is C14H10N2O2. The minimum Gasteiger partial charge on any atom is -0.211 e. The number of hydrogen-bond acceptors (Lipinski definition) is 4. The smallest absolute Gasteiger partial charge is 0.211 e. The number of nitrogens with zero attached hydrogens (tertiary/aromatic N) is 2. The van der Waals surface area contributed by atoms with E-state index in [9.17, 15) is 9.70 Å². The van der Waals surface area contributed by atoms with Gasteiger partial charge in [-0.15, -0.1) is 4.91 Å². The van der Waals surface area contributed by atoms with Crippen molar-refractivity contribution < 1.29 is 4.79 Å². The molecule has 0 aliphatic rings. The van der Waals surface area contributed by atoms with Crippen molar-refractivity contribution in [3.63, 3.8) is 0 Å². The van der Waals surface area contributed by atoms with Crippen molar-refractivity contribution in [2.45, 2.75) is 6.42 Å². The van der Waals surface area contributed by atoms with E-state index in [0.29, 0.717) is 17.8 Å². The van der Waals surface area contributed by atoms with Crippen LogP contribution in [0.3, 0.4) is 0 Å². The maximum absolute atomic E-state index is 10.3. The summed E-state index contributed by atoms with van der Waals surface area (Å²) in [5.41, 5.74) is 2.98. The molecule has 0 spiro atoms. The van der Waals surface area contributed by atoms with Gasteiger partial charge in [-0.1, -0.05) is 30.3 Å². The van der Waals surface area contributed by atoms with E-state index < -0.39 is 0 Å². The zero-order valence-electron chi connectivity index (χ0n) is 9.54. The van der Waals surface area contributed by atoms with Crippen LogP contribution in [0.15, 0.2) is 58.7 Å². The highest BCUT2D eigenvalue weighted by molar-refractivity contribution is 5.55. The number of hydrogen-bond donors (Lipinski definition) is 0. The van der Waals surface area contributed by atoms with Crippen molar-refractivity contribution in [3.8, 4) is 0 Å². The van der Waals surface area contributed by atoms with Crippen molar-refractivity contribution in [1.82, 2.24) is 0 Å². The number of isocyanates is 1. The lowest BCUT2D eigenvalue weighted by molar-refractivity contribution is 0.565. The molecule has 0 aromatic heterocycles. The van der Waals surface area contributed by atoms with Crippen LogP contribution < -0.4 is 0 Å². The molecule has 88 valence electrons. The van der Waals surface area contributed by atoms with Crippen LogP contribution in [0.5, 0.6) is 0 Å². The van der Waals surface area contributed by atoms with Gasteiger partial charge in [0.05, 0.1) is 5.69 Å². The van der Waals surface area contributed by atoms with Crippen molar-refractivity contribution in [3.05, 3.63) is 64.6 Å². The van der Waals surface area contributed by atoms with Crippen LogP contribution in [0.2, 0.25) is 0 Å². The van der Waals surface area contributed by atoms with E-state index in [1.807, 2.05) is 30.3 Å². The van der Waals surface area contributed by atoms with E-state index in [2.05, 4.69) is 10.2 Å². The van der Waals surface area contributed by atoms with Gasteiger partial charge in [0.1, 0.15) is 5.69 Å². The Morgan fingerprint density at radius 3 is 2.39 bits per heavy atom. The fraction of sp³-hybridized carbons (Fsp3) is 0.0714. The summed E-state index contributed by atoms with van der Waals surface area (Å²) in [6.07, 6.45) is 2.19.